The van der Waals surface area contributed by atoms with Crippen LogP contribution in [0.15, 0.2) is 12.1 Å². The molecular weight excluding hydrogens is 752 g/mol. The van der Waals surface area contributed by atoms with Gasteiger partial charge in [-0.15, -0.1) is 0 Å². The van der Waals surface area contributed by atoms with Gasteiger partial charge < -0.3 is 74.0 Å². The molecule has 57 heavy (non-hydrogen) atoms. The minimum atomic E-state index is -1.85. The lowest BCUT2D eigenvalue weighted by molar-refractivity contribution is -0.329. The normalized spacial score (nSPS) is 37.7. The summed E-state index contributed by atoms with van der Waals surface area (Å²) < 4.78 is 41.9. The Morgan fingerprint density at radius 2 is 1.32 bits per heavy atom. The number of ether oxygens (including phenoxy) is 7. The predicted molar refractivity (Wildman–Crippen MR) is 197 cm³/mol. The van der Waals surface area contributed by atoms with Gasteiger partial charge in [0.15, 0.2) is 30.4 Å². The van der Waals surface area contributed by atoms with Crippen LogP contribution in [0.5, 0.6) is 11.5 Å². The number of aliphatic hydroxyl groups excluding tert-OH is 6. The van der Waals surface area contributed by atoms with Crippen LogP contribution in [0, 0.1) is 19.8 Å². The van der Waals surface area contributed by atoms with E-state index in [2.05, 4.69) is 0 Å². The summed E-state index contributed by atoms with van der Waals surface area (Å²) in [5.74, 6) is -3.43. The second kappa shape index (κ2) is 17.4. The number of carbonyl (C=O) groups is 2. The lowest BCUT2D eigenvalue weighted by Gasteiger charge is -2.45. The van der Waals surface area contributed by atoms with E-state index in [-0.39, 0.29) is 42.4 Å². The number of carbonyl (C=O) groups excluding carboxylic acids is 2. The molecule has 0 bridgehead atoms. The van der Waals surface area contributed by atoms with E-state index < -0.39 is 121 Å². The molecule has 6 rings (SSSR count). The van der Waals surface area contributed by atoms with E-state index in [0.29, 0.717) is 16.5 Å². The first-order chi connectivity index (χ1) is 26.8. The van der Waals surface area contributed by atoms with Gasteiger partial charge in [0.25, 0.3) is 0 Å². The highest BCUT2D eigenvalue weighted by molar-refractivity contribution is 6.11. The van der Waals surface area contributed by atoms with Crippen LogP contribution in [0.1, 0.15) is 74.0 Å². The van der Waals surface area contributed by atoms with Crippen LogP contribution in [0.4, 0.5) is 0 Å². The SMILES string of the molecule is CO[C@H](C(=O)[C@@H](O)[C@@H](C)O)[C@@H]1Cc2cc3cc(C)c(C)c(O)c3c(O)c2C(=O)[C@H]1O[C@H]1C[C@@H](O[C@H]2C[C@@H](O[C@H]3C[C@@H](O)[C@H](O)C(C)O3)[C@@H](O)C(C)O2)[C@H](O)C(C)O1. The number of aromatic hydroxyl groups is 2. The molecule has 3 unspecified atom stereocenters. The van der Waals surface area contributed by atoms with E-state index >= 15 is 0 Å². The molecule has 0 aromatic heterocycles. The monoisotopic (exact) mass is 808 g/mol. The highest BCUT2D eigenvalue weighted by Crippen LogP contribution is 2.45. The van der Waals surface area contributed by atoms with Crippen LogP contribution in [0.3, 0.4) is 0 Å². The molecule has 3 aliphatic heterocycles. The van der Waals surface area contributed by atoms with E-state index in [1.54, 1.807) is 46.8 Å². The minimum Gasteiger partial charge on any atom is -0.507 e. The van der Waals surface area contributed by atoms with Gasteiger partial charge in [-0.1, -0.05) is 6.07 Å². The summed E-state index contributed by atoms with van der Waals surface area (Å²) in [6.07, 6.45) is -18.6. The fourth-order valence-corrected chi connectivity index (χ4v) is 8.42. The topological polar surface area (TPSA) is 261 Å². The number of Topliss-reactive ketones (excluding diaryl/α,β-unsaturated/α-hetero) is 2. The largest absolute Gasteiger partial charge is 0.507 e. The fraction of sp³-hybridized carbons (Fsp3) is 0.700. The van der Waals surface area contributed by atoms with Crippen LogP contribution in [-0.2, 0) is 44.4 Å². The van der Waals surface area contributed by atoms with E-state index in [0.717, 1.165) is 5.56 Å². The van der Waals surface area contributed by atoms with Gasteiger partial charge in [-0.2, -0.15) is 0 Å². The van der Waals surface area contributed by atoms with Gasteiger partial charge in [0.2, 0.25) is 0 Å². The number of benzene rings is 2. The summed E-state index contributed by atoms with van der Waals surface area (Å²) in [4.78, 5) is 28.1. The number of aryl methyl sites for hydroxylation is 1. The molecule has 17 heteroatoms. The number of phenols is 2. The summed E-state index contributed by atoms with van der Waals surface area (Å²) in [5, 5.41) is 86.3. The summed E-state index contributed by atoms with van der Waals surface area (Å²) in [6.45, 7) is 9.49. The lowest BCUT2D eigenvalue weighted by Crippen LogP contribution is -2.57. The first kappa shape index (κ1) is 43.7. The molecule has 3 saturated heterocycles. The molecule has 17 atom stereocenters. The third kappa shape index (κ3) is 8.59. The maximum atomic E-state index is 14.6. The zero-order valence-corrected chi connectivity index (χ0v) is 33.1. The first-order valence-corrected chi connectivity index (χ1v) is 19.4. The Balaban J connectivity index is 1.26. The Morgan fingerprint density at radius 3 is 1.84 bits per heavy atom. The second-order valence-electron chi connectivity index (χ2n) is 16.0. The van der Waals surface area contributed by atoms with Gasteiger partial charge in [-0.3, -0.25) is 9.59 Å². The van der Waals surface area contributed by atoms with E-state index in [4.69, 9.17) is 33.2 Å². The van der Waals surface area contributed by atoms with Gasteiger partial charge >= 0.3 is 0 Å². The molecule has 0 radical (unpaired) electrons. The Labute approximate surface area is 330 Å². The molecule has 0 saturated carbocycles. The molecule has 318 valence electrons. The third-order valence-electron chi connectivity index (χ3n) is 11.9. The Bertz CT molecular complexity index is 1770. The van der Waals surface area contributed by atoms with Crippen molar-refractivity contribution >= 4 is 22.3 Å². The van der Waals surface area contributed by atoms with E-state index in [1.807, 2.05) is 0 Å². The molecule has 4 aliphatic rings. The van der Waals surface area contributed by atoms with Crippen LogP contribution < -0.4 is 0 Å². The summed E-state index contributed by atoms with van der Waals surface area (Å²) in [7, 11) is 1.22. The average molecular weight is 809 g/mol. The number of methoxy groups -OCH3 is 1. The molecule has 17 nitrogen and oxygen atoms in total. The van der Waals surface area contributed by atoms with E-state index in [1.165, 1.54) is 14.0 Å². The van der Waals surface area contributed by atoms with Gasteiger partial charge in [0.1, 0.15) is 48.1 Å². The van der Waals surface area contributed by atoms with Gasteiger partial charge in [-0.25, -0.2) is 0 Å². The summed E-state index contributed by atoms with van der Waals surface area (Å²) >= 11 is 0. The highest BCUT2D eigenvalue weighted by Gasteiger charge is 2.50. The summed E-state index contributed by atoms with van der Waals surface area (Å²) in [5.41, 5.74) is 1.46. The molecule has 2 aromatic rings. The van der Waals surface area contributed by atoms with Gasteiger partial charge in [-0.05, 0) is 76.1 Å². The predicted octanol–water partition coefficient (Wildman–Crippen LogP) is 0.553. The molecule has 1 aliphatic carbocycles. The van der Waals surface area contributed by atoms with Gasteiger partial charge in [0, 0.05) is 32.3 Å². The number of rotatable bonds is 11. The van der Waals surface area contributed by atoms with Crippen molar-refractivity contribution in [2.45, 2.75) is 165 Å². The lowest BCUT2D eigenvalue weighted by atomic mass is 9.74. The molecular formula is C40H56O17. The molecule has 2 aromatic carbocycles. The first-order valence-electron chi connectivity index (χ1n) is 19.4. The number of hydrogen-bond donors (Lipinski definition) is 8. The zero-order chi connectivity index (χ0) is 41.8. The van der Waals surface area contributed by atoms with Crippen LogP contribution >= 0.6 is 0 Å². The Hall–Kier alpha value is -2.88. The average Bonchev–Trinajstić information content (AvgIpc) is 3.14. The number of hydrogen-bond acceptors (Lipinski definition) is 17. The maximum absolute atomic E-state index is 14.6. The van der Waals surface area contributed by atoms with Crippen molar-refractivity contribution in [2.24, 2.45) is 5.92 Å². The fourth-order valence-electron chi connectivity index (χ4n) is 8.42. The molecule has 0 amide bonds. The quantitative estimate of drug-likeness (QED) is 0.154. The molecule has 0 spiro atoms. The van der Waals surface area contributed by atoms with Crippen molar-refractivity contribution in [3.63, 3.8) is 0 Å². The van der Waals surface area contributed by atoms with Crippen molar-refractivity contribution in [1.82, 2.24) is 0 Å². The molecule has 3 fully saturated rings. The number of fused-ring (bicyclic) bond motifs is 2. The number of aliphatic hydroxyl groups is 6. The smallest absolute Gasteiger partial charge is 0.196 e. The van der Waals surface area contributed by atoms with Crippen LogP contribution in [0.2, 0.25) is 0 Å². The van der Waals surface area contributed by atoms with Gasteiger partial charge in [0.05, 0.1) is 53.7 Å². The third-order valence-corrected chi connectivity index (χ3v) is 11.9. The highest BCUT2D eigenvalue weighted by atomic mass is 16.7. The Kier molecular flexibility index (Phi) is 13.3. The van der Waals surface area contributed by atoms with E-state index in [9.17, 15) is 50.4 Å². The molecule has 8 N–H and O–H groups in total. The minimum absolute atomic E-state index is 0.00926. The van der Waals surface area contributed by atoms with Crippen molar-refractivity contribution in [3.8, 4) is 11.5 Å². The van der Waals surface area contributed by atoms with Crippen molar-refractivity contribution in [1.29, 1.82) is 0 Å². The summed E-state index contributed by atoms with van der Waals surface area (Å²) in [6, 6.07) is 3.40. The molecule has 3 heterocycles. The number of ketones is 2. The van der Waals surface area contributed by atoms with Crippen LogP contribution in [-0.4, -0.2) is 158 Å². The van der Waals surface area contributed by atoms with Crippen molar-refractivity contribution in [2.75, 3.05) is 7.11 Å². The van der Waals surface area contributed by atoms with Crippen LogP contribution in [0.25, 0.3) is 10.8 Å². The number of phenolic OH excluding ortho intramolecular Hbond substituents is 2. The van der Waals surface area contributed by atoms with Crippen molar-refractivity contribution in [3.05, 3.63) is 34.4 Å². The Morgan fingerprint density at radius 1 is 0.789 bits per heavy atom. The van der Waals surface area contributed by atoms with Crippen molar-refractivity contribution < 1.29 is 83.6 Å². The zero-order valence-electron chi connectivity index (χ0n) is 33.1. The standard InChI is InChI=1S/C40H56O17/c1-14-8-20-9-21-10-22(39(51-7)38(50)32(44)16(3)41)40(37(49)30(21)36(48)29(20)31(43)15(14)2)57-28-13-25(35(47)19(6)54-28)56-27-12-24(34(46)18(5)53-27)55-26-11-23(42)33(45)17(4)52-26/h8-9,16-19,22-28,32-35,39-48H,10-13H2,1-7H3/t16-,17?,18?,19?,22+,23-,24-,25-,26+,27+,28+,32+,33-,34+,35-,39+,40+/m1/s1. The maximum Gasteiger partial charge on any atom is 0.196 e. The second-order valence-corrected chi connectivity index (χ2v) is 16.0.